The molecule has 0 saturated heterocycles. The smallest absolute Gasteiger partial charge is 0.0541 e. The minimum Gasteiger partial charge on any atom is -0.309 e. The molecule has 10 aromatic carbocycles. The van der Waals surface area contributed by atoms with Gasteiger partial charge in [0.1, 0.15) is 0 Å². The van der Waals surface area contributed by atoms with Crippen LogP contribution >= 0.6 is 0 Å². The molecule has 256 valence electrons. The molecule has 11 rings (SSSR count). The molecule has 0 saturated carbocycles. The summed E-state index contributed by atoms with van der Waals surface area (Å²) in [5, 5.41) is 10.2. The second kappa shape index (κ2) is 12.7. The van der Waals surface area contributed by atoms with Crippen LogP contribution < -0.4 is 0 Å². The van der Waals surface area contributed by atoms with Crippen molar-refractivity contribution >= 4 is 54.1 Å². The van der Waals surface area contributed by atoms with Gasteiger partial charge in [0, 0.05) is 16.5 Å². The van der Waals surface area contributed by atoms with Crippen molar-refractivity contribution in [1.82, 2.24) is 4.57 Å². The van der Waals surface area contributed by atoms with E-state index in [9.17, 15) is 0 Å². The third kappa shape index (κ3) is 5.32. The van der Waals surface area contributed by atoms with Gasteiger partial charge in [-0.2, -0.15) is 0 Å². The minimum atomic E-state index is 1.15. The molecule has 1 heterocycles. The van der Waals surface area contributed by atoms with Crippen molar-refractivity contribution in [3.05, 3.63) is 212 Å². The molecule has 0 aliphatic carbocycles. The summed E-state index contributed by atoms with van der Waals surface area (Å²) >= 11 is 0. The largest absolute Gasteiger partial charge is 0.309 e. The molecule has 1 heteroatoms. The Morgan fingerprint density at radius 1 is 0.218 bits per heavy atom. The number of aromatic nitrogens is 1. The van der Waals surface area contributed by atoms with E-state index in [1.54, 1.807) is 0 Å². The Bertz CT molecular complexity index is 3110. The highest BCUT2D eigenvalue weighted by atomic mass is 15.0. The number of rotatable bonds is 5. The van der Waals surface area contributed by atoms with E-state index in [-0.39, 0.29) is 0 Å². The second-order valence-electron chi connectivity index (χ2n) is 14.5. The maximum atomic E-state index is 2.41. The fourth-order valence-corrected chi connectivity index (χ4v) is 8.58. The van der Waals surface area contributed by atoms with Crippen molar-refractivity contribution in [1.29, 1.82) is 0 Å². The van der Waals surface area contributed by atoms with E-state index in [1.807, 2.05) is 0 Å². The zero-order valence-electron chi connectivity index (χ0n) is 30.2. The number of nitrogens with zero attached hydrogens (tertiary/aromatic N) is 1. The van der Waals surface area contributed by atoms with Gasteiger partial charge in [-0.05, 0) is 119 Å². The van der Waals surface area contributed by atoms with Gasteiger partial charge in [0.25, 0.3) is 0 Å². The summed E-state index contributed by atoms with van der Waals surface area (Å²) in [4.78, 5) is 0. The van der Waals surface area contributed by atoms with Gasteiger partial charge in [-0.25, -0.2) is 0 Å². The summed E-state index contributed by atoms with van der Waals surface area (Å²) in [7, 11) is 0. The van der Waals surface area contributed by atoms with E-state index in [2.05, 4.69) is 217 Å². The highest BCUT2D eigenvalue weighted by Gasteiger charge is 2.15. The minimum absolute atomic E-state index is 1.15. The predicted molar refractivity (Wildman–Crippen MR) is 235 cm³/mol. The second-order valence-corrected chi connectivity index (χ2v) is 14.5. The molecule has 55 heavy (non-hydrogen) atoms. The van der Waals surface area contributed by atoms with Gasteiger partial charge in [-0.3, -0.25) is 0 Å². The molecular weight excluding hydrogens is 663 g/mol. The third-order valence-electron chi connectivity index (χ3n) is 11.4. The summed E-state index contributed by atoms with van der Waals surface area (Å²) in [6, 6.07) is 77.7. The summed E-state index contributed by atoms with van der Waals surface area (Å²) in [6.07, 6.45) is 0. The van der Waals surface area contributed by atoms with Crippen LogP contribution in [0.1, 0.15) is 0 Å². The van der Waals surface area contributed by atoms with Crippen molar-refractivity contribution in [2.45, 2.75) is 0 Å². The Kier molecular flexibility index (Phi) is 7.25. The fraction of sp³-hybridized carbons (Fsp3) is 0. The molecule has 0 bridgehead atoms. The van der Waals surface area contributed by atoms with Crippen LogP contribution in [0, 0.1) is 0 Å². The lowest BCUT2D eigenvalue weighted by Crippen LogP contribution is -1.94. The Hall–Kier alpha value is -7.22. The van der Waals surface area contributed by atoms with Crippen molar-refractivity contribution in [2.24, 2.45) is 0 Å². The lowest BCUT2D eigenvalue weighted by molar-refractivity contribution is 1.18. The van der Waals surface area contributed by atoms with Gasteiger partial charge in [0.15, 0.2) is 0 Å². The van der Waals surface area contributed by atoms with Crippen LogP contribution in [0.5, 0.6) is 0 Å². The van der Waals surface area contributed by atoms with E-state index in [0.29, 0.717) is 0 Å². The topological polar surface area (TPSA) is 4.93 Å². The van der Waals surface area contributed by atoms with Crippen molar-refractivity contribution in [3.63, 3.8) is 0 Å². The highest BCUT2D eigenvalue weighted by molar-refractivity contribution is 6.18. The average molecular weight is 698 g/mol. The Morgan fingerprint density at radius 2 is 0.600 bits per heavy atom. The third-order valence-corrected chi connectivity index (χ3v) is 11.4. The molecular formula is C54H35N. The molecule has 0 N–H and O–H groups in total. The van der Waals surface area contributed by atoms with Crippen molar-refractivity contribution in [2.75, 3.05) is 0 Å². The van der Waals surface area contributed by atoms with Crippen LogP contribution in [0.2, 0.25) is 0 Å². The summed E-state index contributed by atoms with van der Waals surface area (Å²) < 4.78 is 2.41. The summed E-state index contributed by atoms with van der Waals surface area (Å²) in [5.74, 6) is 0. The van der Waals surface area contributed by atoms with Crippen LogP contribution in [-0.2, 0) is 0 Å². The van der Waals surface area contributed by atoms with Crippen LogP contribution in [0.15, 0.2) is 212 Å². The molecule has 0 fully saturated rings. The fourth-order valence-electron chi connectivity index (χ4n) is 8.58. The standard InChI is InChI=1S/C54H35N/c1-3-9-36(10-4-1)44-25-31-53-51(34-44)52-35-45(37-11-5-2-6-12-37)26-32-54(52)55(53)46-27-21-39(22-28-46)38-15-17-40(18-16-38)43-20-19-42-24-29-48-47-14-8-7-13-41(47)23-30-49(48)50(42)33-43/h1-35H. The van der Waals surface area contributed by atoms with E-state index < -0.39 is 0 Å². The van der Waals surface area contributed by atoms with Crippen LogP contribution in [-0.4, -0.2) is 4.57 Å². The molecule has 1 aromatic heterocycles. The monoisotopic (exact) mass is 697 g/mol. The van der Waals surface area contributed by atoms with Gasteiger partial charge in [0.05, 0.1) is 11.0 Å². The van der Waals surface area contributed by atoms with E-state index in [0.717, 1.165) is 5.69 Å². The van der Waals surface area contributed by atoms with Gasteiger partial charge in [-0.1, -0.05) is 170 Å². The Labute approximate surface area is 320 Å². The van der Waals surface area contributed by atoms with Crippen molar-refractivity contribution in [3.8, 4) is 50.2 Å². The molecule has 1 nitrogen and oxygen atoms in total. The summed E-state index contributed by atoms with van der Waals surface area (Å²) in [6.45, 7) is 0. The molecule has 0 radical (unpaired) electrons. The maximum Gasteiger partial charge on any atom is 0.0541 e. The molecule has 0 atom stereocenters. The molecule has 0 unspecified atom stereocenters. The van der Waals surface area contributed by atoms with Crippen LogP contribution in [0.4, 0.5) is 0 Å². The average Bonchev–Trinajstić information content (AvgIpc) is 3.59. The lowest BCUT2D eigenvalue weighted by Gasteiger charge is -2.11. The first-order chi connectivity index (χ1) is 27.2. The SMILES string of the molecule is c1ccc(-c2ccc3c(c2)c2cc(-c4ccccc4)ccc2n3-c2ccc(-c3ccc(-c4ccc5ccc6c7ccccc7ccc6c5c4)cc3)cc2)cc1. The summed E-state index contributed by atoms with van der Waals surface area (Å²) in [5.41, 5.74) is 13.3. The zero-order valence-corrected chi connectivity index (χ0v) is 30.2. The maximum absolute atomic E-state index is 2.41. The quantitative estimate of drug-likeness (QED) is 0.158. The molecule has 0 aliphatic heterocycles. The Balaban J connectivity index is 0.955. The van der Waals surface area contributed by atoms with E-state index in [1.165, 1.54) is 98.6 Å². The first-order valence-corrected chi connectivity index (χ1v) is 19.0. The number of hydrogen-bond acceptors (Lipinski definition) is 0. The lowest BCUT2D eigenvalue weighted by atomic mass is 9.94. The first-order valence-electron chi connectivity index (χ1n) is 19.0. The molecule has 0 amide bonds. The zero-order chi connectivity index (χ0) is 36.3. The predicted octanol–water partition coefficient (Wildman–Crippen LogP) is 14.9. The molecule has 0 spiro atoms. The Morgan fingerprint density at radius 3 is 1.18 bits per heavy atom. The highest BCUT2D eigenvalue weighted by Crippen LogP contribution is 2.38. The number of fused-ring (bicyclic) bond motifs is 8. The van der Waals surface area contributed by atoms with Gasteiger partial charge in [-0.15, -0.1) is 0 Å². The van der Waals surface area contributed by atoms with Crippen LogP contribution in [0.25, 0.3) is 104 Å². The normalized spacial score (nSPS) is 11.6. The molecule has 0 aliphatic rings. The molecule has 11 aromatic rings. The van der Waals surface area contributed by atoms with Gasteiger partial charge in [0.2, 0.25) is 0 Å². The number of hydrogen-bond donors (Lipinski definition) is 0. The van der Waals surface area contributed by atoms with Gasteiger partial charge < -0.3 is 4.57 Å². The first kappa shape index (κ1) is 31.3. The van der Waals surface area contributed by atoms with Crippen LogP contribution in [0.3, 0.4) is 0 Å². The van der Waals surface area contributed by atoms with E-state index >= 15 is 0 Å². The van der Waals surface area contributed by atoms with Gasteiger partial charge >= 0.3 is 0 Å². The number of benzene rings is 10. The van der Waals surface area contributed by atoms with E-state index in [4.69, 9.17) is 0 Å². The van der Waals surface area contributed by atoms with Crippen molar-refractivity contribution < 1.29 is 0 Å².